The number of carbonyl (C=O) groups excluding carboxylic acids is 2. The molecule has 2 heterocycles. The summed E-state index contributed by atoms with van der Waals surface area (Å²) in [4.78, 5) is 31.1. The van der Waals surface area contributed by atoms with Crippen LogP contribution in [0.2, 0.25) is 0 Å². The Morgan fingerprint density at radius 1 is 1.09 bits per heavy atom. The summed E-state index contributed by atoms with van der Waals surface area (Å²) >= 11 is 3.40. The monoisotopic (exact) mass is 561 g/mol. The fraction of sp³-hybridized carbons (Fsp3) is 0.462. The van der Waals surface area contributed by atoms with E-state index in [1.54, 1.807) is 28.9 Å². The molecule has 0 N–H and O–H groups in total. The van der Waals surface area contributed by atoms with E-state index in [-0.39, 0.29) is 34.9 Å². The maximum atomic E-state index is 13.2. The number of hydrogen-bond donors (Lipinski definition) is 0. The van der Waals surface area contributed by atoms with Crippen LogP contribution in [0.4, 0.5) is 11.4 Å². The van der Waals surface area contributed by atoms with Gasteiger partial charge in [-0.1, -0.05) is 19.1 Å². The van der Waals surface area contributed by atoms with Crippen LogP contribution in [0.3, 0.4) is 0 Å². The number of benzene rings is 2. The number of amides is 2. The third-order valence-corrected chi connectivity index (χ3v) is 9.53. The van der Waals surface area contributed by atoms with Gasteiger partial charge in [0.05, 0.1) is 10.6 Å². The van der Waals surface area contributed by atoms with Crippen molar-refractivity contribution in [1.82, 2.24) is 4.90 Å². The molecule has 2 amide bonds. The van der Waals surface area contributed by atoms with Crippen LogP contribution in [0.25, 0.3) is 0 Å². The number of halogens is 1. The van der Waals surface area contributed by atoms with E-state index in [4.69, 9.17) is 0 Å². The Morgan fingerprint density at radius 3 is 2.54 bits per heavy atom. The van der Waals surface area contributed by atoms with Crippen LogP contribution in [-0.2, 0) is 25.8 Å². The van der Waals surface area contributed by atoms with E-state index in [1.165, 1.54) is 5.56 Å². The number of hydrogen-bond acceptors (Lipinski definition) is 5. The lowest BCUT2D eigenvalue weighted by molar-refractivity contribution is -0.131. The summed E-state index contributed by atoms with van der Waals surface area (Å²) in [6, 6.07) is 11.8. The molecule has 0 unspecified atom stereocenters. The Morgan fingerprint density at radius 2 is 1.86 bits per heavy atom. The lowest BCUT2D eigenvalue weighted by Crippen LogP contribution is -2.54. The van der Waals surface area contributed by atoms with Gasteiger partial charge in [-0.2, -0.15) is 0 Å². The SMILES string of the molecule is CCC(=O)N1CCc2cc(Br)c(S(=O)(=O)CCC(=O)N3CCN(c4cccc(C)c4)[C@@H](C)C3)cc21. The van der Waals surface area contributed by atoms with Gasteiger partial charge >= 0.3 is 0 Å². The molecule has 0 saturated carbocycles. The molecule has 1 fully saturated rings. The van der Waals surface area contributed by atoms with E-state index >= 15 is 0 Å². The lowest BCUT2D eigenvalue weighted by Gasteiger charge is -2.41. The van der Waals surface area contributed by atoms with Crippen molar-refractivity contribution >= 4 is 49.0 Å². The third kappa shape index (κ3) is 5.40. The Labute approximate surface area is 216 Å². The number of aryl methyl sites for hydroxylation is 1. The van der Waals surface area contributed by atoms with Crippen LogP contribution in [0.5, 0.6) is 0 Å². The second-order valence-electron chi connectivity index (χ2n) is 9.35. The summed E-state index contributed by atoms with van der Waals surface area (Å²) in [5.74, 6) is -0.440. The molecule has 2 aromatic carbocycles. The first-order chi connectivity index (χ1) is 16.6. The first-order valence-corrected chi connectivity index (χ1v) is 14.5. The van der Waals surface area contributed by atoms with Crippen LogP contribution in [-0.4, -0.2) is 63.1 Å². The summed E-state index contributed by atoms with van der Waals surface area (Å²) < 4.78 is 26.9. The quantitative estimate of drug-likeness (QED) is 0.533. The molecular weight excluding hydrogens is 530 g/mol. The number of carbonyl (C=O) groups is 2. The zero-order valence-corrected chi connectivity index (χ0v) is 22.9. The van der Waals surface area contributed by atoms with Crippen LogP contribution in [0.1, 0.15) is 37.8 Å². The third-order valence-electron chi connectivity index (χ3n) is 6.87. The minimum Gasteiger partial charge on any atom is -0.365 e. The van der Waals surface area contributed by atoms with Crippen molar-refractivity contribution < 1.29 is 18.0 Å². The normalized spacial score (nSPS) is 18.1. The number of nitrogens with zero attached hydrogens (tertiary/aromatic N) is 3. The molecule has 0 radical (unpaired) electrons. The summed E-state index contributed by atoms with van der Waals surface area (Å²) in [6.45, 7) is 8.33. The van der Waals surface area contributed by atoms with Gasteiger partial charge in [-0.25, -0.2) is 8.42 Å². The molecule has 7 nitrogen and oxygen atoms in total. The molecule has 1 saturated heterocycles. The molecule has 188 valence electrons. The molecule has 1 atom stereocenters. The van der Waals surface area contributed by atoms with Gasteiger partial charge < -0.3 is 14.7 Å². The van der Waals surface area contributed by atoms with E-state index in [1.807, 2.05) is 6.07 Å². The minimum absolute atomic E-state index is 0.0245. The number of rotatable bonds is 6. The van der Waals surface area contributed by atoms with E-state index in [2.05, 4.69) is 52.9 Å². The van der Waals surface area contributed by atoms with E-state index in [9.17, 15) is 18.0 Å². The Hall–Kier alpha value is -2.39. The summed E-state index contributed by atoms with van der Waals surface area (Å²) in [6.07, 6.45) is 0.994. The molecule has 0 bridgehead atoms. The highest BCUT2D eigenvalue weighted by molar-refractivity contribution is 9.10. The van der Waals surface area contributed by atoms with Crippen molar-refractivity contribution in [2.75, 3.05) is 41.7 Å². The topological polar surface area (TPSA) is 78.0 Å². The van der Waals surface area contributed by atoms with Crippen LogP contribution in [0.15, 0.2) is 45.8 Å². The lowest BCUT2D eigenvalue weighted by atomic mass is 10.1. The molecule has 2 aromatic rings. The largest absolute Gasteiger partial charge is 0.365 e. The van der Waals surface area contributed by atoms with Gasteiger partial charge in [-0.3, -0.25) is 9.59 Å². The van der Waals surface area contributed by atoms with Crippen molar-refractivity contribution in [2.24, 2.45) is 0 Å². The molecule has 0 aliphatic carbocycles. The average Bonchev–Trinajstić information content (AvgIpc) is 3.24. The predicted octanol–water partition coefficient (Wildman–Crippen LogP) is 3.96. The highest BCUT2D eigenvalue weighted by atomic mass is 79.9. The van der Waals surface area contributed by atoms with Gasteiger partial charge in [0.25, 0.3) is 0 Å². The molecular formula is C26H32BrN3O4S. The van der Waals surface area contributed by atoms with Gasteiger partial charge in [-0.05, 0) is 71.6 Å². The molecule has 2 aliphatic heterocycles. The van der Waals surface area contributed by atoms with Crippen molar-refractivity contribution in [3.63, 3.8) is 0 Å². The van der Waals surface area contributed by atoms with Gasteiger partial charge in [0, 0.05) is 60.9 Å². The Kier molecular flexibility index (Phi) is 7.57. The summed E-state index contributed by atoms with van der Waals surface area (Å²) in [5, 5.41) is 0. The standard InChI is InChI=1S/C26H32BrN3O4S/c1-4-25(31)30-10-8-20-15-22(27)24(16-23(20)30)35(33,34)13-9-26(32)28-11-12-29(19(3)17-28)21-7-5-6-18(2)14-21/h5-7,14-16,19H,4,8-13,17H2,1-3H3/t19-/m0/s1. The zero-order valence-electron chi connectivity index (χ0n) is 20.5. The van der Waals surface area contributed by atoms with Gasteiger partial charge in [0.15, 0.2) is 9.84 Å². The molecule has 4 rings (SSSR count). The fourth-order valence-corrected chi connectivity index (χ4v) is 7.38. The first kappa shape index (κ1) is 25.7. The van der Waals surface area contributed by atoms with E-state index < -0.39 is 9.84 Å². The zero-order chi connectivity index (χ0) is 25.3. The second-order valence-corrected chi connectivity index (χ2v) is 12.3. The van der Waals surface area contributed by atoms with Gasteiger partial charge in [-0.15, -0.1) is 0 Å². The first-order valence-electron chi connectivity index (χ1n) is 12.1. The molecule has 0 spiro atoms. The molecule has 0 aromatic heterocycles. The minimum atomic E-state index is -3.72. The van der Waals surface area contributed by atoms with E-state index in [0.717, 1.165) is 11.3 Å². The Bertz CT molecular complexity index is 1250. The maximum Gasteiger partial charge on any atom is 0.226 e. The van der Waals surface area contributed by atoms with Crippen molar-refractivity contribution in [2.45, 2.75) is 51.0 Å². The van der Waals surface area contributed by atoms with Crippen LogP contribution >= 0.6 is 15.9 Å². The van der Waals surface area contributed by atoms with E-state index in [0.29, 0.717) is 49.2 Å². The number of sulfone groups is 1. The second kappa shape index (κ2) is 10.3. The van der Waals surface area contributed by atoms with Gasteiger partial charge in [0.2, 0.25) is 11.8 Å². The van der Waals surface area contributed by atoms with Crippen molar-refractivity contribution in [3.8, 4) is 0 Å². The highest BCUT2D eigenvalue weighted by Gasteiger charge is 2.30. The van der Waals surface area contributed by atoms with Crippen molar-refractivity contribution in [1.29, 1.82) is 0 Å². The molecule has 35 heavy (non-hydrogen) atoms. The Balaban J connectivity index is 1.42. The predicted molar refractivity (Wildman–Crippen MR) is 142 cm³/mol. The highest BCUT2D eigenvalue weighted by Crippen LogP contribution is 2.36. The summed E-state index contributed by atoms with van der Waals surface area (Å²) in [7, 11) is -3.72. The van der Waals surface area contributed by atoms with Crippen LogP contribution < -0.4 is 9.80 Å². The molecule has 9 heteroatoms. The van der Waals surface area contributed by atoms with Gasteiger partial charge in [0.1, 0.15) is 0 Å². The van der Waals surface area contributed by atoms with Crippen LogP contribution in [0, 0.1) is 6.92 Å². The fourth-order valence-electron chi connectivity index (χ4n) is 4.94. The summed E-state index contributed by atoms with van der Waals surface area (Å²) in [5.41, 5.74) is 3.95. The molecule has 2 aliphatic rings. The number of anilines is 2. The smallest absolute Gasteiger partial charge is 0.226 e. The number of piperazine rings is 1. The number of fused-ring (bicyclic) bond motifs is 1. The maximum absolute atomic E-state index is 13.2. The van der Waals surface area contributed by atoms with Crippen molar-refractivity contribution in [3.05, 3.63) is 52.0 Å². The average molecular weight is 563 g/mol.